The summed E-state index contributed by atoms with van der Waals surface area (Å²) in [6.45, 7) is -0.122. The molecule has 0 bridgehead atoms. The maximum absolute atomic E-state index is 11.6. The minimum atomic E-state index is -1.75. The predicted molar refractivity (Wildman–Crippen MR) is 55.5 cm³/mol. The number of rotatable bonds is 9. The van der Waals surface area contributed by atoms with Gasteiger partial charge in [-0.15, -0.1) is 0 Å². The Morgan fingerprint density at radius 3 is 1.25 bits per heavy atom. The smallest absolute Gasteiger partial charge is 0.308 e. The number of hydrogen-bond acceptors (Lipinski definition) is 3. The van der Waals surface area contributed by atoms with E-state index in [1.54, 1.807) is 0 Å². The molecule has 0 fully saturated rings. The van der Waals surface area contributed by atoms with E-state index in [0.29, 0.717) is 19.0 Å². The molecule has 0 aromatic heterocycles. The van der Waals surface area contributed by atoms with E-state index in [1.165, 1.54) is 0 Å². The lowest BCUT2D eigenvalue weighted by atomic mass is 10.7. The standard InChI is InChI=1S/C9H12F3O3P/c10-4-1-7-13-16(14-8-2-5-11)15-9-3-6-12/h1-6H,7-9H2. The molecule has 0 saturated carbocycles. The SMILES string of the molecule is FC=CCOP(OCC=CF)OCC=CF. The van der Waals surface area contributed by atoms with Crippen molar-refractivity contribution in [3.8, 4) is 0 Å². The molecule has 16 heavy (non-hydrogen) atoms. The first kappa shape index (κ1) is 15.3. The molecular weight excluding hydrogens is 244 g/mol. The molecule has 0 atom stereocenters. The highest BCUT2D eigenvalue weighted by molar-refractivity contribution is 7.41. The predicted octanol–water partition coefficient (Wildman–Crippen LogP) is 3.71. The molecule has 92 valence electrons. The lowest BCUT2D eigenvalue weighted by Crippen LogP contribution is -1.96. The second kappa shape index (κ2) is 12.4. The maximum Gasteiger partial charge on any atom is 0.333 e. The van der Waals surface area contributed by atoms with Crippen molar-refractivity contribution in [2.45, 2.75) is 0 Å². The third kappa shape index (κ3) is 9.86. The van der Waals surface area contributed by atoms with Crippen molar-refractivity contribution in [3.05, 3.63) is 37.2 Å². The van der Waals surface area contributed by atoms with Crippen LogP contribution in [0.3, 0.4) is 0 Å². The van der Waals surface area contributed by atoms with Gasteiger partial charge >= 0.3 is 8.60 Å². The van der Waals surface area contributed by atoms with E-state index in [0.717, 1.165) is 18.2 Å². The van der Waals surface area contributed by atoms with E-state index in [-0.39, 0.29) is 19.8 Å². The Morgan fingerprint density at radius 1 is 0.688 bits per heavy atom. The second-order valence-electron chi connectivity index (χ2n) is 2.20. The van der Waals surface area contributed by atoms with Gasteiger partial charge in [-0.25, -0.2) is 13.2 Å². The lowest BCUT2D eigenvalue weighted by molar-refractivity contribution is 0.193. The van der Waals surface area contributed by atoms with Gasteiger partial charge < -0.3 is 13.6 Å². The normalized spacial score (nSPS) is 14.4. The fourth-order valence-electron chi connectivity index (χ4n) is 0.533. The Bertz CT molecular complexity index is 196. The third-order valence-electron chi connectivity index (χ3n) is 1.10. The molecule has 0 rings (SSSR count). The molecular formula is C9H12F3O3P. The van der Waals surface area contributed by atoms with E-state index in [2.05, 4.69) is 0 Å². The third-order valence-corrected chi connectivity index (χ3v) is 2.18. The van der Waals surface area contributed by atoms with Crippen LogP contribution in [0.25, 0.3) is 0 Å². The van der Waals surface area contributed by atoms with Crippen LogP contribution in [0.2, 0.25) is 0 Å². The highest BCUT2D eigenvalue weighted by Gasteiger charge is 2.09. The van der Waals surface area contributed by atoms with Crippen LogP contribution in [0.5, 0.6) is 0 Å². The van der Waals surface area contributed by atoms with Gasteiger partial charge in [0.05, 0.1) is 38.8 Å². The fourth-order valence-corrected chi connectivity index (χ4v) is 1.38. The molecule has 0 aliphatic heterocycles. The van der Waals surface area contributed by atoms with Gasteiger partial charge in [-0.1, -0.05) is 0 Å². The first-order chi connectivity index (χ1) is 7.85. The van der Waals surface area contributed by atoms with E-state index >= 15 is 0 Å². The summed E-state index contributed by atoms with van der Waals surface area (Å²) in [7, 11) is -1.75. The molecule has 0 saturated heterocycles. The molecule has 0 aliphatic rings. The van der Waals surface area contributed by atoms with Gasteiger partial charge in [-0.05, 0) is 18.2 Å². The molecule has 0 N–H and O–H groups in total. The monoisotopic (exact) mass is 256 g/mol. The van der Waals surface area contributed by atoms with Gasteiger partial charge in [0.15, 0.2) is 0 Å². The zero-order valence-electron chi connectivity index (χ0n) is 8.39. The summed E-state index contributed by atoms with van der Waals surface area (Å²) >= 11 is 0. The van der Waals surface area contributed by atoms with Gasteiger partial charge in [0.2, 0.25) is 0 Å². The zero-order chi connectivity index (χ0) is 12.1. The van der Waals surface area contributed by atoms with Crippen molar-refractivity contribution in [1.29, 1.82) is 0 Å². The largest absolute Gasteiger partial charge is 0.333 e. The van der Waals surface area contributed by atoms with Crippen molar-refractivity contribution in [3.63, 3.8) is 0 Å². The van der Waals surface area contributed by atoms with Crippen LogP contribution < -0.4 is 0 Å². The van der Waals surface area contributed by atoms with Gasteiger partial charge in [-0.3, -0.25) is 0 Å². The summed E-state index contributed by atoms with van der Waals surface area (Å²) < 4.78 is 49.7. The Balaban J connectivity index is 3.84. The summed E-state index contributed by atoms with van der Waals surface area (Å²) in [5, 5.41) is 0. The number of hydrogen-bond donors (Lipinski definition) is 0. The summed E-state index contributed by atoms with van der Waals surface area (Å²) in [4.78, 5) is 0. The highest BCUT2D eigenvalue weighted by atomic mass is 31.2. The average molecular weight is 256 g/mol. The molecule has 0 unspecified atom stereocenters. The van der Waals surface area contributed by atoms with Crippen molar-refractivity contribution >= 4 is 8.60 Å². The average Bonchev–Trinajstić information content (AvgIpc) is 2.29. The van der Waals surface area contributed by atoms with Crippen LogP contribution in [0.4, 0.5) is 13.2 Å². The van der Waals surface area contributed by atoms with E-state index < -0.39 is 8.60 Å². The van der Waals surface area contributed by atoms with Crippen LogP contribution in [0.15, 0.2) is 37.2 Å². The Labute approximate surface area is 93.2 Å². The van der Waals surface area contributed by atoms with Crippen molar-refractivity contribution in [2.24, 2.45) is 0 Å². The van der Waals surface area contributed by atoms with E-state index in [1.807, 2.05) is 0 Å². The summed E-state index contributed by atoms with van der Waals surface area (Å²) in [5.41, 5.74) is 0. The molecule has 3 nitrogen and oxygen atoms in total. The molecule has 7 heteroatoms. The first-order valence-corrected chi connectivity index (χ1v) is 5.39. The first-order valence-electron chi connectivity index (χ1n) is 4.29. The molecule has 0 spiro atoms. The molecule has 0 aromatic carbocycles. The summed E-state index contributed by atoms with van der Waals surface area (Å²) in [6, 6.07) is 0. The molecule has 0 aliphatic carbocycles. The van der Waals surface area contributed by atoms with Gasteiger partial charge in [0.25, 0.3) is 0 Å². The summed E-state index contributed by atoms with van der Waals surface area (Å²) in [5.74, 6) is 0. The highest BCUT2D eigenvalue weighted by Crippen LogP contribution is 2.39. The van der Waals surface area contributed by atoms with Crippen molar-refractivity contribution in [1.82, 2.24) is 0 Å². The second-order valence-corrected chi connectivity index (χ2v) is 3.42. The topological polar surface area (TPSA) is 27.7 Å². The quantitative estimate of drug-likeness (QED) is 0.588. The number of halogens is 3. The molecule has 0 aromatic rings. The Morgan fingerprint density at radius 2 is 1.00 bits per heavy atom. The zero-order valence-corrected chi connectivity index (χ0v) is 9.29. The van der Waals surface area contributed by atoms with Crippen LogP contribution >= 0.6 is 8.60 Å². The molecule has 0 amide bonds. The Kier molecular flexibility index (Phi) is 11.9. The van der Waals surface area contributed by atoms with Gasteiger partial charge in [-0.2, -0.15) is 0 Å². The fraction of sp³-hybridized carbons (Fsp3) is 0.333. The molecule has 0 radical (unpaired) electrons. The van der Waals surface area contributed by atoms with Crippen LogP contribution in [0, 0.1) is 0 Å². The minimum absolute atomic E-state index is 0.0408. The van der Waals surface area contributed by atoms with Crippen molar-refractivity contribution in [2.75, 3.05) is 19.8 Å². The Hall–Kier alpha value is -0.680. The van der Waals surface area contributed by atoms with Crippen LogP contribution in [-0.2, 0) is 13.6 Å². The lowest BCUT2D eigenvalue weighted by Gasteiger charge is -2.13. The van der Waals surface area contributed by atoms with E-state index in [4.69, 9.17) is 13.6 Å². The summed E-state index contributed by atoms with van der Waals surface area (Å²) in [6.07, 6.45) is 4.28. The molecule has 0 heterocycles. The van der Waals surface area contributed by atoms with Gasteiger partial charge in [0.1, 0.15) is 0 Å². The van der Waals surface area contributed by atoms with E-state index in [9.17, 15) is 13.2 Å². The van der Waals surface area contributed by atoms with Crippen LogP contribution in [-0.4, -0.2) is 19.8 Å². The van der Waals surface area contributed by atoms with Crippen molar-refractivity contribution < 1.29 is 26.7 Å². The minimum Gasteiger partial charge on any atom is -0.308 e. The van der Waals surface area contributed by atoms with Crippen LogP contribution in [0.1, 0.15) is 0 Å². The van der Waals surface area contributed by atoms with Gasteiger partial charge in [0, 0.05) is 0 Å². The maximum atomic E-state index is 11.6.